The average Bonchev–Trinajstić information content (AvgIpc) is 2.22. The first-order chi connectivity index (χ1) is 5.83. The molecule has 1 rings (SSSR count). The zero-order valence-corrected chi connectivity index (χ0v) is 9.60. The van der Waals surface area contributed by atoms with Gasteiger partial charge >= 0.3 is 0 Å². The molecule has 1 aliphatic rings. The van der Waals surface area contributed by atoms with Crippen LogP contribution in [0.1, 0.15) is 34.6 Å². The van der Waals surface area contributed by atoms with E-state index in [0.29, 0.717) is 0 Å². The van der Waals surface area contributed by atoms with Gasteiger partial charge < -0.3 is 4.90 Å². The Bertz CT molecular complexity index is 228. The minimum Gasteiger partial charge on any atom is -0.341 e. The number of nitrogens with zero attached hydrogens (tertiary/aromatic N) is 2. The summed E-state index contributed by atoms with van der Waals surface area (Å²) in [6, 6.07) is 0. The lowest BCUT2D eigenvalue weighted by molar-refractivity contribution is 0.205. The second-order valence-corrected chi connectivity index (χ2v) is 4.72. The van der Waals surface area contributed by atoms with Gasteiger partial charge in [-0.05, 0) is 34.6 Å². The second-order valence-electron chi connectivity index (χ2n) is 4.72. The van der Waals surface area contributed by atoms with Crippen molar-refractivity contribution in [1.82, 2.24) is 10.2 Å². The second kappa shape index (κ2) is 2.98. The highest BCUT2D eigenvalue weighted by Gasteiger charge is 2.47. The van der Waals surface area contributed by atoms with E-state index in [2.05, 4.69) is 49.8 Å². The van der Waals surface area contributed by atoms with E-state index in [4.69, 9.17) is 0 Å². The number of hydrogen-bond acceptors (Lipinski definition) is 2. The molecule has 3 heteroatoms. The maximum absolute atomic E-state index is 4.23. The van der Waals surface area contributed by atoms with Gasteiger partial charge in [0.1, 0.15) is 0 Å². The van der Waals surface area contributed by atoms with Crippen molar-refractivity contribution in [2.45, 2.75) is 45.7 Å². The molecule has 1 aliphatic heterocycles. The van der Waals surface area contributed by atoms with Crippen LogP contribution in [0.4, 0.5) is 0 Å². The summed E-state index contributed by atoms with van der Waals surface area (Å²) in [6.45, 7) is 11.9. The Hall–Kier alpha value is -0.570. The molecule has 1 saturated heterocycles. The zero-order chi connectivity index (χ0) is 10.3. The van der Waals surface area contributed by atoms with Crippen molar-refractivity contribution in [3.8, 4) is 0 Å². The number of aliphatic imine (C=N–C) groups is 1. The van der Waals surface area contributed by atoms with E-state index in [1.165, 1.54) is 0 Å². The third kappa shape index (κ3) is 1.46. The van der Waals surface area contributed by atoms with Crippen molar-refractivity contribution in [2.24, 2.45) is 4.99 Å². The summed E-state index contributed by atoms with van der Waals surface area (Å²) in [5.41, 5.74) is 0.259. The molecular weight excluding hydrogens is 162 g/mol. The Morgan fingerprint density at radius 2 is 1.85 bits per heavy atom. The van der Waals surface area contributed by atoms with Crippen LogP contribution in [0.2, 0.25) is 0 Å². The van der Waals surface area contributed by atoms with Crippen LogP contribution < -0.4 is 5.32 Å². The van der Waals surface area contributed by atoms with E-state index in [9.17, 15) is 0 Å². The molecule has 0 aromatic heterocycles. The van der Waals surface area contributed by atoms with Gasteiger partial charge in [0, 0.05) is 12.6 Å². The Kier molecular flexibility index (Phi) is 2.41. The van der Waals surface area contributed by atoms with Crippen LogP contribution >= 0.6 is 0 Å². The quantitative estimate of drug-likeness (QED) is 0.455. The lowest BCUT2D eigenvalue weighted by Gasteiger charge is -2.40. The Balaban J connectivity index is 2.95. The molecule has 0 radical (unpaired) electrons. The van der Waals surface area contributed by atoms with E-state index in [1.54, 1.807) is 0 Å². The zero-order valence-electron chi connectivity index (χ0n) is 9.60. The monoisotopic (exact) mass is 183 g/mol. The fraction of sp³-hybridized carbons (Fsp3) is 0.900. The van der Waals surface area contributed by atoms with E-state index in [1.807, 2.05) is 7.05 Å². The van der Waals surface area contributed by atoms with E-state index < -0.39 is 0 Å². The molecule has 0 spiro atoms. The molecule has 0 bridgehead atoms. The minimum absolute atomic E-state index is 0.122. The summed E-state index contributed by atoms with van der Waals surface area (Å²) in [5.74, 6) is 1.10. The van der Waals surface area contributed by atoms with Gasteiger partial charge in [-0.2, -0.15) is 0 Å². The topological polar surface area (TPSA) is 27.6 Å². The first kappa shape index (κ1) is 10.5. The van der Waals surface area contributed by atoms with Crippen molar-refractivity contribution in [2.75, 3.05) is 13.7 Å². The maximum atomic E-state index is 4.23. The predicted molar refractivity (Wildman–Crippen MR) is 57.0 cm³/mol. The molecule has 1 fully saturated rings. The summed E-state index contributed by atoms with van der Waals surface area (Å²) in [5, 5.41) is 3.50. The Labute approximate surface area is 81.2 Å². The normalized spacial score (nSPS) is 26.6. The number of rotatable bonds is 0. The SMILES string of the molecule is CN=C(C)N1CNC(C)(C)C1(C)C. The van der Waals surface area contributed by atoms with Crippen LogP contribution in [0.25, 0.3) is 0 Å². The third-order valence-electron chi connectivity index (χ3n) is 3.60. The fourth-order valence-electron chi connectivity index (χ4n) is 1.67. The largest absolute Gasteiger partial charge is 0.341 e. The van der Waals surface area contributed by atoms with E-state index >= 15 is 0 Å². The van der Waals surface area contributed by atoms with Gasteiger partial charge in [-0.3, -0.25) is 10.3 Å². The lowest BCUT2D eigenvalue weighted by atomic mass is 9.83. The maximum Gasteiger partial charge on any atom is 0.0969 e. The summed E-state index contributed by atoms with van der Waals surface area (Å²) in [6.07, 6.45) is 0. The molecule has 0 aliphatic carbocycles. The Morgan fingerprint density at radius 1 is 1.31 bits per heavy atom. The van der Waals surface area contributed by atoms with Crippen LogP contribution in [-0.4, -0.2) is 35.5 Å². The highest BCUT2D eigenvalue weighted by Crippen LogP contribution is 2.32. The van der Waals surface area contributed by atoms with Crippen molar-refractivity contribution >= 4 is 5.84 Å². The molecule has 0 aromatic carbocycles. The van der Waals surface area contributed by atoms with Crippen LogP contribution in [0.5, 0.6) is 0 Å². The summed E-state index contributed by atoms with van der Waals surface area (Å²) < 4.78 is 0. The van der Waals surface area contributed by atoms with Crippen molar-refractivity contribution in [1.29, 1.82) is 0 Å². The van der Waals surface area contributed by atoms with Gasteiger partial charge in [-0.25, -0.2) is 0 Å². The molecule has 13 heavy (non-hydrogen) atoms. The molecule has 0 unspecified atom stereocenters. The van der Waals surface area contributed by atoms with Crippen molar-refractivity contribution in [3.63, 3.8) is 0 Å². The van der Waals surface area contributed by atoms with Crippen LogP contribution in [0.15, 0.2) is 4.99 Å². The fourth-order valence-corrected chi connectivity index (χ4v) is 1.67. The lowest BCUT2D eigenvalue weighted by Crippen LogP contribution is -2.54. The number of amidine groups is 1. The first-order valence-corrected chi connectivity index (χ1v) is 4.79. The van der Waals surface area contributed by atoms with Gasteiger partial charge in [0.05, 0.1) is 18.0 Å². The summed E-state index contributed by atoms with van der Waals surface area (Å²) >= 11 is 0. The molecule has 0 aromatic rings. The molecule has 0 atom stereocenters. The van der Waals surface area contributed by atoms with Crippen LogP contribution in [0, 0.1) is 0 Å². The van der Waals surface area contributed by atoms with Crippen LogP contribution in [0.3, 0.4) is 0 Å². The highest BCUT2D eigenvalue weighted by molar-refractivity contribution is 5.80. The smallest absolute Gasteiger partial charge is 0.0969 e. The van der Waals surface area contributed by atoms with Crippen molar-refractivity contribution in [3.05, 3.63) is 0 Å². The summed E-state index contributed by atoms with van der Waals surface area (Å²) in [7, 11) is 1.84. The third-order valence-corrected chi connectivity index (χ3v) is 3.60. The van der Waals surface area contributed by atoms with Gasteiger partial charge in [-0.15, -0.1) is 0 Å². The molecule has 3 nitrogen and oxygen atoms in total. The Morgan fingerprint density at radius 3 is 2.15 bits per heavy atom. The summed E-state index contributed by atoms with van der Waals surface area (Å²) in [4.78, 5) is 6.55. The van der Waals surface area contributed by atoms with E-state index in [0.717, 1.165) is 12.5 Å². The van der Waals surface area contributed by atoms with Gasteiger partial charge in [0.2, 0.25) is 0 Å². The molecule has 76 valence electrons. The van der Waals surface area contributed by atoms with Crippen LogP contribution in [-0.2, 0) is 0 Å². The number of hydrogen-bond donors (Lipinski definition) is 1. The van der Waals surface area contributed by atoms with Gasteiger partial charge in [0.25, 0.3) is 0 Å². The number of nitrogens with one attached hydrogen (secondary N) is 1. The van der Waals surface area contributed by atoms with E-state index in [-0.39, 0.29) is 11.1 Å². The molecule has 1 heterocycles. The van der Waals surface area contributed by atoms with Gasteiger partial charge in [0.15, 0.2) is 0 Å². The molecular formula is C10H21N3. The minimum atomic E-state index is 0.122. The van der Waals surface area contributed by atoms with Crippen molar-refractivity contribution < 1.29 is 0 Å². The standard InChI is InChI=1S/C10H21N3/c1-8(11-6)13-7-12-9(2,3)10(13,4)5/h12H,7H2,1-6H3. The van der Waals surface area contributed by atoms with Gasteiger partial charge in [-0.1, -0.05) is 0 Å². The molecule has 0 amide bonds. The highest BCUT2D eigenvalue weighted by atomic mass is 15.4. The predicted octanol–water partition coefficient (Wildman–Crippen LogP) is 1.45. The first-order valence-electron chi connectivity index (χ1n) is 4.79. The molecule has 1 N–H and O–H groups in total. The average molecular weight is 183 g/mol. The molecule has 0 saturated carbocycles.